The molecule has 7 heteroatoms. The number of phenols is 1. The molecule has 0 atom stereocenters. The van der Waals surface area contributed by atoms with E-state index in [0.717, 1.165) is 11.3 Å². The molecule has 0 bridgehead atoms. The molecule has 1 fully saturated rings. The predicted molar refractivity (Wildman–Crippen MR) is 108 cm³/mol. The Balaban J connectivity index is 1.71. The largest absolute Gasteiger partial charge is 0.507 e. The number of para-hydroxylation sites is 1. The summed E-state index contributed by atoms with van der Waals surface area (Å²) >= 11 is 1.23. The summed E-state index contributed by atoms with van der Waals surface area (Å²) in [5.41, 5.74) is 2.59. The number of amides is 1. The number of nitrogens with zero attached hydrogens (tertiary/aromatic N) is 3. The van der Waals surface area contributed by atoms with Gasteiger partial charge in [-0.3, -0.25) is 10.1 Å². The second kappa shape index (κ2) is 7.88. The molecule has 0 unspecified atom stereocenters. The Morgan fingerprint density at radius 3 is 2.54 bits per heavy atom. The number of anilines is 1. The van der Waals surface area contributed by atoms with E-state index in [1.165, 1.54) is 18.0 Å². The van der Waals surface area contributed by atoms with Crippen molar-refractivity contribution in [2.75, 3.05) is 19.0 Å². The molecular formula is C19H18N4O2S. The van der Waals surface area contributed by atoms with Gasteiger partial charge in [0.05, 0.1) is 11.1 Å². The molecule has 6 nitrogen and oxygen atoms in total. The lowest BCUT2D eigenvalue weighted by atomic mass is 10.2. The Kier molecular flexibility index (Phi) is 5.38. The molecule has 2 N–H and O–H groups in total. The highest BCUT2D eigenvalue weighted by Gasteiger charge is 2.23. The minimum Gasteiger partial charge on any atom is -0.507 e. The van der Waals surface area contributed by atoms with E-state index in [1.807, 2.05) is 49.3 Å². The molecular weight excluding hydrogens is 348 g/mol. The SMILES string of the molecule is CN(C)c1ccc(/C=C2\SC(=N/N=C\c3ccccc3O)NC2=O)cc1. The molecule has 0 saturated carbocycles. The molecule has 1 aliphatic rings. The van der Waals surface area contributed by atoms with E-state index in [9.17, 15) is 9.90 Å². The molecule has 0 spiro atoms. The zero-order valence-electron chi connectivity index (χ0n) is 14.4. The first kappa shape index (κ1) is 17.8. The summed E-state index contributed by atoms with van der Waals surface area (Å²) in [7, 11) is 3.96. The van der Waals surface area contributed by atoms with Gasteiger partial charge in [-0.15, -0.1) is 5.10 Å². The summed E-state index contributed by atoms with van der Waals surface area (Å²) in [4.78, 5) is 14.6. The van der Waals surface area contributed by atoms with Crippen LogP contribution in [0.4, 0.5) is 5.69 Å². The van der Waals surface area contributed by atoms with Crippen LogP contribution in [0.2, 0.25) is 0 Å². The van der Waals surface area contributed by atoms with Gasteiger partial charge < -0.3 is 10.0 Å². The average Bonchev–Trinajstić information content (AvgIpc) is 2.96. The molecule has 1 amide bonds. The third-order valence-electron chi connectivity index (χ3n) is 3.64. The smallest absolute Gasteiger partial charge is 0.264 e. The van der Waals surface area contributed by atoms with E-state index < -0.39 is 0 Å². The Labute approximate surface area is 155 Å². The van der Waals surface area contributed by atoms with Crippen LogP contribution in [0.25, 0.3) is 6.08 Å². The van der Waals surface area contributed by atoms with E-state index in [4.69, 9.17) is 0 Å². The summed E-state index contributed by atoms with van der Waals surface area (Å²) in [5.74, 6) is -0.0792. The maximum atomic E-state index is 12.1. The van der Waals surface area contributed by atoms with Gasteiger partial charge in [0.1, 0.15) is 5.75 Å². The first-order chi connectivity index (χ1) is 12.5. The van der Waals surface area contributed by atoms with Crippen molar-refractivity contribution >= 4 is 40.8 Å². The number of thioether (sulfide) groups is 1. The van der Waals surface area contributed by atoms with Crippen molar-refractivity contribution in [1.82, 2.24) is 5.32 Å². The van der Waals surface area contributed by atoms with Crippen LogP contribution in [0.3, 0.4) is 0 Å². The Morgan fingerprint density at radius 2 is 1.85 bits per heavy atom. The van der Waals surface area contributed by atoms with Crippen molar-refractivity contribution in [3.63, 3.8) is 0 Å². The maximum absolute atomic E-state index is 12.1. The maximum Gasteiger partial charge on any atom is 0.264 e. The number of benzene rings is 2. The lowest BCUT2D eigenvalue weighted by molar-refractivity contribution is -0.115. The van der Waals surface area contributed by atoms with Crippen LogP contribution < -0.4 is 10.2 Å². The molecule has 26 heavy (non-hydrogen) atoms. The topological polar surface area (TPSA) is 77.3 Å². The van der Waals surface area contributed by atoms with Gasteiger partial charge in [0.25, 0.3) is 5.91 Å². The van der Waals surface area contributed by atoms with Crippen LogP contribution in [0, 0.1) is 0 Å². The van der Waals surface area contributed by atoms with Crippen LogP contribution in [-0.4, -0.2) is 36.5 Å². The van der Waals surface area contributed by atoms with Crippen LogP contribution in [0.15, 0.2) is 63.6 Å². The predicted octanol–water partition coefficient (Wildman–Crippen LogP) is 3.05. The summed E-state index contributed by atoms with van der Waals surface area (Å²) in [6.45, 7) is 0. The molecule has 132 valence electrons. The Bertz CT molecular complexity index is 902. The number of hydrogen-bond donors (Lipinski definition) is 2. The number of carbonyl (C=O) groups is 1. The second-order valence-corrected chi connectivity index (χ2v) is 6.79. The molecule has 0 aliphatic carbocycles. The van der Waals surface area contributed by atoms with E-state index in [0.29, 0.717) is 15.6 Å². The standard InChI is InChI=1S/C19H18N4O2S/c1-23(2)15-9-7-13(8-10-15)11-17-18(25)21-19(26-17)22-20-12-14-5-3-4-6-16(14)24/h3-12,24H,1-2H3,(H,21,22,25)/b17-11-,20-12-. The fourth-order valence-corrected chi connectivity index (χ4v) is 3.01. The van der Waals surface area contributed by atoms with Crippen LogP contribution in [0.1, 0.15) is 11.1 Å². The molecule has 2 aromatic carbocycles. The van der Waals surface area contributed by atoms with E-state index in [1.54, 1.807) is 24.3 Å². The third kappa shape index (κ3) is 4.31. The summed E-state index contributed by atoms with van der Waals surface area (Å²) in [6.07, 6.45) is 3.26. The van der Waals surface area contributed by atoms with Crippen molar-refractivity contribution in [2.24, 2.45) is 10.2 Å². The minimum atomic E-state index is -0.205. The van der Waals surface area contributed by atoms with E-state index >= 15 is 0 Å². The quantitative estimate of drug-likeness (QED) is 0.495. The highest BCUT2D eigenvalue weighted by molar-refractivity contribution is 8.18. The normalized spacial score (nSPS) is 17.2. The zero-order valence-corrected chi connectivity index (χ0v) is 15.2. The van der Waals surface area contributed by atoms with Gasteiger partial charge in [-0.1, -0.05) is 24.3 Å². The number of amidine groups is 1. The number of aromatic hydroxyl groups is 1. The summed E-state index contributed by atoms with van der Waals surface area (Å²) < 4.78 is 0. The lowest BCUT2D eigenvalue weighted by Gasteiger charge is -2.11. The van der Waals surface area contributed by atoms with Crippen LogP contribution in [-0.2, 0) is 4.79 Å². The Hall–Kier alpha value is -3.06. The molecule has 0 radical (unpaired) electrons. The fourth-order valence-electron chi connectivity index (χ4n) is 2.24. The van der Waals surface area contributed by atoms with Gasteiger partial charge in [0, 0.05) is 25.3 Å². The number of hydrogen-bond acceptors (Lipinski definition) is 6. The third-order valence-corrected chi connectivity index (χ3v) is 4.54. The van der Waals surface area contributed by atoms with Crippen molar-refractivity contribution in [3.8, 4) is 5.75 Å². The highest BCUT2D eigenvalue weighted by atomic mass is 32.2. The van der Waals surface area contributed by atoms with Crippen molar-refractivity contribution in [1.29, 1.82) is 0 Å². The summed E-state index contributed by atoms with van der Waals surface area (Å²) in [5, 5.41) is 20.7. The Morgan fingerprint density at radius 1 is 1.12 bits per heavy atom. The van der Waals surface area contributed by atoms with Gasteiger partial charge in [0.2, 0.25) is 0 Å². The van der Waals surface area contributed by atoms with E-state index in [2.05, 4.69) is 15.5 Å². The number of nitrogens with one attached hydrogen (secondary N) is 1. The molecule has 1 heterocycles. The lowest BCUT2D eigenvalue weighted by Crippen LogP contribution is -2.19. The van der Waals surface area contributed by atoms with Gasteiger partial charge >= 0.3 is 0 Å². The molecule has 1 aliphatic heterocycles. The number of rotatable bonds is 4. The first-order valence-corrected chi connectivity index (χ1v) is 8.72. The minimum absolute atomic E-state index is 0.126. The van der Waals surface area contributed by atoms with Crippen molar-refractivity contribution in [2.45, 2.75) is 0 Å². The molecule has 2 aromatic rings. The molecule has 3 rings (SSSR count). The highest BCUT2D eigenvalue weighted by Crippen LogP contribution is 2.26. The zero-order chi connectivity index (χ0) is 18.5. The van der Waals surface area contributed by atoms with Gasteiger partial charge in [0.15, 0.2) is 5.17 Å². The van der Waals surface area contributed by atoms with Crippen LogP contribution in [0.5, 0.6) is 5.75 Å². The number of carbonyl (C=O) groups excluding carboxylic acids is 1. The van der Waals surface area contributed by atoms with Gasteiger partial charge in [-0.05, 0) is 47.7 Å². The van der Waals surface area contributed by atoms with Gasteiger partial charge in [-0.25, -0.2) is 0 Å². The number of phenolic OH excluding ortho intramolecular Hbond substituents is 1. The first-order valence-electron chi connectivity index (χ1n) is 7.90. The van der Waals surface area contributed by atoms with Crippen molar-refractivity contribution < 1.29 is 9.90 Å². The average molecular weight is 366 g/mol. The second-order valence-electron chi connectivity index (χ2n) is 5.76. The van der Waals surface area contributed by atoms with Crippen LogP contribution >= 0.6 is 11.8 Å². The van der Waals surface area contributed by atoms with E-state index in [-0.39, 0.29) is 11.7 Å². The fraction of sp³-hybridized carbons (Fsp3) is 0.105. The van der Waals surface area contributed by atoms with Gasteiger partial charge in [-0.2, -0.15) is 5.10 Å². The molecule has 1 saturated heterocycles. The summed E-state index contributed by atoms with van der Waals surface area (Å²) in [6, 6.07) is 14.7. The van der Waals surface area contributed by atoms with Crippen molar-refractivity contribution in [3.05, 3.63) is 64.6 Å². The monoisotopic (exact) mass is 366 g/mol. The molecule has 0 aromatic heterocycles.